The molecule has 0 atom stereocenters. The van der Waals surface area contributed by atoms with Gasteiger partial charge in [0, 0.05) is 24.4 Å². The second-order valence-corrected chi connectivity index (χ2v) is 6.39. The first-order valence-corrected chi connectivity index (χ1v) is 8.93. The minimum absolute atomic E-state index is 0.0401. The third kappa shape index (κ3) is 4.29. The lowest BCUT2D eigenvalue weighted by molar-refractivity contribution is -0.383. The molecule has 0 aliphatic carbocycles. The predicted octanol–water partition coefficient (Wildman–Crippen LogP) is 4.63. The lowest BCUT2D eigenvalue weighted by atomic mass is 10.1. The topological polar surface area (TPSA) is 92.6 Å². The molecular weight excluding hydrogens is 378 g/mol. The van der Waals surface area contributed by atoms with Gasteiger partial charge in [-0.25, -0.2) is 0 Å². The maximum Gasteiger partial charge on any atom is 0.292 e. The number of benzene rings is 3. The largest absolute Gasteiger partial charge is 0.320 e. The second kappa shape index (κ2) is 8.53. The number of rotatable bonds is 6. The number of nitro benzene ring substituents is 1. The van der Waals surface area contributed by atoms with Gasteiger partial charge in [0.05, 0.1) is 10.6 Å². The summed E-state index contributed by atoms with van der Waals surface area (Å²) in [6.45, 7) is 0.0861. The molecule has 0 aromatic heterocycles. The Balaban J connectivity index is 1.77. The smallest absolute Gasteiger partial charge is 0.292 e. The molecule has 8 heteroatoms. The molecule has 0 radical (unpaired) electrons. The van der Waals surface area contributed by atoms with Crippen molar-refractivity contribution in [3.05, 3.63) is 76.8 Å². The van der Waals surface area contributed by atoms with Gasteiger partial charge in [-0.1, -0.05) is 61.2 Å². The van der Waals surface area contributed by atoms with Crippen molar-refractivity contribution in [1.29, 1.82) is 0 Å². The highest BCUT2D eigenvalue weighted by molar-refractivity contribution is 7.96. The predicted molar refractivity (Wildman–Crippen MR) is 112 cm³/mol. The summed E-state index contributed by atoms with van der Waals surface area (Å²) in [6.07, 6.45) is -0.0401. The van der Waals surface area contributed by atoms with Crippen LogP contribution in [0.15, 0.2) is 66.7 Å². The Labute approximate surface area is 166 Å². The number of amides is 2. The zero-order valence-electron chi connectivity index (χ0n) is 14.7. The summed E-state index contributed by atoms with van der Waals surface area (Å²) in [5.41, 5.74) is 0.579. The standard InChI is InChI=1S/C20H17N3O4S/c24-19(21-16-9-3-4-10-18(16)23(26)27)12-13-22(20(25)28)17-11-5-7-14-6-1-2-8-15(14)17/h1-11H,12-13H2,(H,21,24)(H,25,28). The van der Waals surface area contributed by atoms with E-state index in [1.807, 2.05) is 36.4 Å². The highest BCUT2D eigenvalue weighted by Crippen LogP contribution is 2.28. The number of para-hydroxylation sites is 2. The maximum absolute atomic E-state index is 12.3. The van der Waals surface area contributed by atoms with E-state index in [0.717, 1.165) is 10.8 Å². The van der Waals surface area contributed by atoms with Crippen molar-refractivity contribution in [2.75, 3.05) is 16.8 Å². The number of carbonyl (C=O) groups excluding carboxylic acids is 2. The van der Waals surface area contributed by atoms with Gasteiger partial charge in [0.25, 0.3) is 10.9 Å². The molecule has 0 aliphatic rings. The number of thiol groups is 1. The molecule has 142 valence electrons. The van der Waals surface area contributed by atoms with Crippen molar-refractivity contribution in [3.63, 3.8) is 0 Å². The molecule has 28 heavy (non-hydrogen) atoms. The first kappa shape index (κ1) is 19.4. The van der Waals surface area contributed by atoms with E-state index in [1.165, 1.54) is 23.1 Å². The highest BCUT2D eigenvalue weighted by atomic mass is 32.1. The number of nitrogens with one attached hydrogen (secondary N) is 1. The van der Waals surface area contributed by atoms with E-state index in [2.05, 4.69) is 17.9 Å². The highest BCUT2D eigenvalue weighted by Gasteiger charge is 2.18. The van der Waals surface area contributed by atoms with Crippen LogP contribution in [-0.2, 0) is 4.79 Å². The van der Waals surface area contributed by atoms with E-state index in [9.17, 15) is 19.7 Å². The number of hydrogen-bond donors (Lipinski definition) is 2. The number of nitro groups is 1. The molecule has 7 nitrogen and oxygen atoms in total. The first-order valence-electron chi connectivity index (χ1n) is 8.49. The van der Waals surface area contributed by atoms with Crippen LogP contribution in [0.25, 0.3) is 10.8 Å². The van der Waals surface area contributed by atoms with E-state index in [-0.39, 0.29) is 24.3 Å². The fourth-order valence-electron chi connectivity index (χ4n) is 2.93. The second-order valence-electron chi connectivity index (χ2n) is 6.00. The number of anilines is 2. The molecule has 0 bridgehead atoms. The minimum atomic E-state index is -0.560. The zero-order valence-corrected chi connectivity index (χ0v) is 15.6. The van der Waals surface area contributed by atoms with Gasteiger partial charge in [0.15, 0.2) is 0 Å². The number of fused-ring (bicyclic) bond motifs is 1. The number of nitrogens with zero attached hydrogens (tertiary/aromatic N) is 2. The monoisotopic (exact) mass is 395 g/mol. The Morgan fingerprint density at radius 1 is 1.00 bits per heavy atom. The van der Waals surface area contributed by atoms with E-state index in [4.69, 9.17) is 0 Å². The normalized spacial score (nSPS) is 10.5. The number of carbonyl (C=O) groups is 2. The van der Waals surface area contributed by atoms with Crippen molar-refractivity contribution in [1.82, 2.24) is 0 Å². The van der Waals surface area contributed by atoms with Crippen molar-refractivity contribution < 1.29 is 14.5 Å². The fourth-order valence-corrected chi connectivity index (χ4v) is 3.14. The Hall–Kier alpha value is -3.39. The van der Waals surface area contributed by atoms with E-state index >= 15 is 0 Å². The maximum atomic E-state index is 12.3. The van der Waals surface area contributed by atoms with Crippen molar-refractivity contribution in [3.8, 4) is 0 Å². The Bertz CT molecular complexity index is 1050. The number of hydrogen-bond acceptors (Lipinski definition) is 4. The van der Waals surface area contributed by atoms with Crippen molar-refractivity contribution >= 4 is 51.6 Å². The van der Waals surface area contributed by atoms with Gasteiger partial charge in [-0.2, -0.15) is 0 Å². The van der Waals surface area contributed by atoms with Crippen LogP contribution in [0.2, 0.25) is 0 Å². The van der Waals surface area contributed by atoms with Crippen LogP contribution in [0.4, 0.5) is 21.9 Å². The average molecular weight is 395 g/mol. The molecule has 0 unspecified atom stereocenters. The molecule has 2 amide bonds. The third-order valence-electron chi connectivity index (χ3n) is 4.23. The van der Waals surface area contributed by atoms with Crippen molar-refractivity contribution in [2.24, 2.45) is 0 Å². The Morgan fingerprint density at radius 3 is 2.43 bits per heavy atom. The summed E-state index contributed by atoms with van der Waals surface area (Å²) in [5, 5.41) is 14.9. The van der Waals surface area contributed by atoms with Gasteiger partial charge in [-0.05, 0) is 17.5 Å². The van der Waals surface area contributed by atoms with Crippen LogP contribution >= 0.6 is 12.6 Å². The molecule has 0 aliphatic heterocycles. The van der Waals surface area contributed by atoms with Gasteiger partial charge in [0.1, 0.15) is 5.69 Å². The van der Waals surface area contributed by atoms with E-state index in [0.29, 0.717) is 5.69 Å². The molecule has 3 aromatic rings. The quantitative estimate of drug-likeness (QED) is 0.361. The summed E-state index contributed by atoms with van der Waals surface area (Å²) >= 11 is 3.94. The fraction of sp³-hybridized carbons (Fsp3) is 0.100. The molecule has 0 saturated heterocycles. The zero-order chi connectivity index (χ0) is 20.1. The van der Waals surface area contributed by atoms with Gasteiger partial charge in [-0.15, -0.1) is 0 Å². The summed E-state index contributed by atoms with van der Waals surface area (Å²) in [7, 11) is 0. The van der Waals surface area contributed by atoms with Crippen LogP contribution in [0, 0.1) is 10.1 Å². The van der Waals surface area contributed by atoms with Gasteiger partial charge >= 0.3 is 0 Å². The molecule has 3 rings (SSSR count). The van der Waals surface area contributed by atoms with Crippen LogP contribution in [0.1, 0.15) is 6.42 Å². The molecule has 0 saturated carbocycles. The van der Waals surface area contributed by atoms with Crippen molar-refractivity contribution in [2.45, 2.75) is 6.42 Å². The van der Waals surface area contributed by atoms with Gasteiger partial charge in [-0.3, -0.25) is 19.7 Å². The van der Waals surface area contributed by atoms with Crippen LogP contribution in [-0.4, -0.2) is 22.6 Å². The van der Waals surface area contributed by atoms with Crippen LogP contribution in [0.3, 0.4) is 0 Å². The third-order valence-corrected chi connectivity index (χ3v) is 4.47. The van der Waals surface area contributed by atoms with Gasteiger partial charge < -0.3 is 10.2 Å². The van der Waals surface area contributed by atoms with Gasteiger partial charge in [0.2, 0.25) is 5.91 Å². The molecule has 0 spiro atoms. The minimum Gasteiger partial charge on any atom is -0.320 e. The Kier molecular flexibility index (Phi) is 5.90. The summed E-state index contributed by atoms with van der Waals surface area (Å²) in [4.78, 5) is 36.3. The van der Waals surface area contributed by atoms with Crippen LogP contribution in [0.5, 0.6) is 0 Å². The molecular formula is C20H17N3O4S. The van der Waals surface area contributed by atoms with E-state index in [1.54, 1.807) is 12.1 Å². The van der Waals surface area contributed by atoms with E-state index < -0.39 is 16.1 Å². The summed E-state index contributed by atoms with van der Waals surface area (Å²) in [5.74, 6) is -0.436. The SMILES string of the molecule is O=C(CCN(C(=O)S)c1cccc2ccccc12)Nc1ccccc1[N+](=O)[O-]. The lowest BCUT2D eigenvalue weighted by Crippen LogP contribution is -2.30. The molecule has 3 aromatic carbocycles. The summed E-state index contributed by atoms with van der Waals surface area (Å²) in [6, 6.07) is 19.0. The average Bonchev–Trinajstić information content (AvgIpc) is 2.68. The molecule has 0 fully saturated rings. The Morgan fingerprint density at radius 2 is 1.68 bits per heavy atom. The first-order chi connectivity index (χ1) is 13.5. The molecule has 0 heterocycles. The van der Waals surface area contributed by atoms with Crippen LogP contribution < -0.4 is 10.2 Å². The lowest BCUT2D eigenvalue weighted by Gasteiger charge is -2.22. The summed E-state index contributed by atoms with van der Waals surface area (Å²) < 4.78 is 0. The molecule has 1 N–H and O–H groups in total.